The van der Waals surface area contributed by atoms with Crippen molar-refractivity contribution in [3.63, 3.8) is 0 Å². The van der Waals surface area contributed by atoms with E-state index in [0.29, 0.717) is 35.0 Å². The highest BCUT2D eigenvalue weighted by molar-refractivity contribution is 5.99. The van der Waals surface area contributed by atoms with Gasteiger partial charge in [0.15, 0.2) is 0 Å². The van der Waals surface area contributed by atoms with Crippen LogP contribution >= 0.6 is 0 Å². The molecule has 0 spiro atoms. The molecule has 0 bridgehead atoms. The lowest BCUT2D eigenvalue weighted by atomic mass is 10.2. The van der Waals surface area contributed by atoms with Crippen molar-refractivity contribution in [2.24, 2.45) is 0 Å². The van der Waals surface area contributed by atoms with Crippen LogP contribution in [0.2, 0.25) is 0 Å². The lowest BCUT2D eigenvalue weighted by Crippen LogP contribution is -2.20. The van der Waals surface area contributed by atoms with Crippen LogP contribution in [-0.2, 0) is 6.18 Å². The second-order valence-electron chi connectivity index (χ2n) is 6.23. The maximum absolute atomic E-state index is 13.3. The number of amides is 3. The van der Waals surface area contributed by atoms with E-state index >= 15 is 0 Å². The Labute approximate surface area is 173 Å². The molecule has 1 aromatic heterocycles. The van der Waals surface area contributed by atoms with Gasteiger partial charge in [-0.05, 0) is 42.5 Å². The van der Waals surface area contributed by atoms with Gasteiger partial charge < -0.3 is 25.7 Å². The van der Waals surface area contributed by atoms with Crippen molar-refractivity contribution in [3.8, 4) is 11.5 Å². The summed E-state index contributed by atoms with van der Waals surface area (Å²) in [4.78, 5) is 26.3. The lowest BCUT2D eigenvalue weighted by Gasteiger charge is -2.12. The minimum atomic E-state index is -4.88. The number of rotatable bonds is 5. The van der Waals surface area contributed by atoms with Gasteiger partial charge in [-0.15, -0.1) is 0 Å². The van der Waals surface area contributed by atoms with E-state index in [0.717, 1.165) is 6.07 Å². The fourth-order valence-corrected chi connectivity index (χ4v) is 2.56. The number of alkyl halides is 3. The maximum atomic E-state index is 13.3. The Kier molecular flexibility index (Phi) is 6.14. The second kappa shape index (κ2) is 8.78. The number of benzene rings is 2. The fraction of sp³-hybridized carbons (Fsp3) is 0.100. The molecule has 31 heavy (non-hydrogen) atoms. The van der Waals surface area contributed by atoms with Gasteiger partial charge in [0, 0.05) is 30.7 Å². The molecular weight excluding hydrogens is 420 g/mol. The molecule has 11 heteroatoms. The Morgan fingerprint density at radius 1 is 0.935 bits per heavy atom. The molecule has 0 saturated heterocycles. The normalized spacial score (nSPS) is 11.0. The van der Waals surface area contributed by atoms with Gasteiger partial charge in [0.25, 0.3) is 5.91 Å². The number of H-pyrrole nitrogens is 1. The number of aromatic nitrogens is 1. The molecule has 2 aromatic carbocycles. The van der Waals surface area contributed by atoms with Crippen LogP contribution in [0.5, 0.6) is 11.5 Å². The molecule has 3 aromatic rings. The number of nitrogens with one attached hydrogen (secondary N) is 4. The smallest absolute Gasteiger partial charge is 0.419 e. The van der Waals surface area contributed by atoms with Crippen molar-refractivity contribution in [1.82, 2.24) is 10.3 Å². The Morgan fingerprint density at radius 3 is 2.23 bits per heavy atom. The lowest BCUT2D eigenvalue weighted by molar-refractivity contribution is -0.139. The number of halogens is 4. The summed E-state index contributed by atoms with van der Waals surface area (Å²) >= 11 is 0. The zero-order valence-corrected chi connectivity index (χ0v) is 15.9. The summed E-state index contributed by atoms with van der Waals surface area (Å²) in [5.74, 6) is -0.918. The number of carbonyl (C=O) groups is 2. The van der Waals surface area contributed by atoms with Crippen molar-refractivity contribution < 1.29 is 31.9 Å². The van der Waals surface area contributed by atoms with Crippen LogP contribution in [0.25, 0.3) is 0 Å². The fourth-order valence-electron chi connectivity index (χ4n) is 2.56. The van der Waals surface area contributed by atoms with E-state index in [1.165, 1.54) is 31.4 Å². The number of urea groups is 1. The summed E-state index contributed by atoms with van der Waals surface area (Å²) in [6.07, 6.45) is -3.38. The third-order valence-electron chi connectivity index (χ3n) is 4.01. The minimum Gasteiger partial charge on any atom is -0.456 e. The van der Waals surface area contributed by atoms with Gasteiger partial charge in [-0.1, -0.05) is 0 Å². The monoisotopic (exact) mass is 436 g/mol. The van der Waals surface area contributed by atoms with Gasteiger partial charge in [-0.25, -0.2) is 9.18 Å². The molecule has 0 saturated carbocycles. The van der Waals surface area contributed by atoms with E-state index in [1.54, 1.807) is 12.1 Å². The van der Waals surface area contributed by atoms with E-state index < -0.39 is 23.6 Å². The number of hydrogen-bond donors (Lipinski definition) is 4. The molecule has 0 unspecified atom stereocenters. The van der Waals surface area contributed by atoms with Crippen LogP contribution in [0.3, 0.4) is 0 Å². The van der Waals surface area contributed by atoms with E-state index in [2.05, 4.69) is 20.9 Å². The molecule has 0 aliphatic carbocycles. The summed E-state index contributed by atoms with van der Waals surface area (Å²) in [6, 6.07) is 8.96. The van der Waals surface area contributed by atoms with Crippen LogP contribution < -0.4 is 20.7 Å². The minimum absolute atomic E-state index is 0.217. The Balaban J connectivity index is 1.60. The molecule has 1 heterocycles. The van der Waals surface area contributed by atoms with Crippen LogP contribution in [0.4, 0.5) is 33.7 Å². The third kappa shape index (κ3) is 5.53. The van der Waals surface area contributed by atoms with Crippen LogP contribution in [-0.4, -0.2) is 24.0 Å². The van der Waals surface area contributed by atoms with Gasteiger partial charge in [-0.2, -0.15) is 13.2 Å². The maximum Gasteiger partial charge on any atom is 0.419 e. The Morgan fingerprint density at radius 2 is 1.58 bits per heavy atom. The van der Waals surface area contributed by atoms with Crippen LogP contribution in [0, 0.1) is 5.82 Å². The number of aromatic amines is 1. The average Bonchev–Trinajstić information content (AvgIpc) is 3.18. The van der Waals surface area contributed by atoms with Gasteiger partial charge in [0.05, 0.1) is 5.56 Å². The zero-order chi connectivity index (χ0) is 22.6. The molecule has 0 fully saturated rings. The third-order valence-corrected chi connectivity index (χ3v) is 4.01. The highest BCUT2D eigenvalue weighted by Gasteiger charge is 2.34. The molecule has 3 rings (SSSR count). The van der Waals surface area contributed by atoms with Crippen molar-refractivity contribution in [3.05, 3.63) is 71.8 Å². The van der Waals surface area contributed by atoms with E-state index in [9.17, 15) is 27.2 Å². The Hall–Kier alpha value is -4.02. The molecule has 4 N–H and O–H groups in total. The first kappa shape index (κ1) is 21.7. The molecule has 162 valence electrons. The summed E-state index contributed by atoms with van der Waals surface area (Å²) < 4.78 is 57.2. The predicted molar refractivity (Wildman–Crippen MR) is 105 cm³/mol. The van der Waals surface area contributed by atoms with E-state index in [1.807, 2.05) is 0 Å². The molecule has 0 radical (unpaired) electrons. The molecule has 3 amide bonds. The first-order valence-corrected chi connectivity index (χ1v) is 8.79. The average molecular weight is 436 g/mol. The number of carbonyl (C=O) groups excluding carboxylic acids is 2. The van der Waals surface area contributed by atoms with Crippen LogP contribution in [0.1, 0.15) is 16.1 Å². The SMILES string of the molecule is CNC(=O)c1cc(Oc2ccc(NC(=O)Nc3ccc(F)c(C(F)(F)F)c3)cc2)c[nH]1. The van der Waals surface area contributed by atoms with Gasteiger partial charge in [-0.3, -0.25) is 4.79 Å². The molecule has 0 aliphatic rings. The van der Waals surface area contributed by atoms with Crippen molar-refractivity contribution in [1.29, 1.82) is 0 Å². The zero-order valence-electron chi connectivity index (χ0n) is 15.9. The second-order valence-corrected chi connectivity index (χ2v) is 6.23. The van der Waals surface area contributed by atoms with E-state index in [-0.39, 0.29) is 11.6 Å². The summed E-state index contributed by atoms with van der Waals surface area (Å²) in [7, 11) is 1.50. The highest BCUT2D eigenvalue weighted by atomic mass is 19.4. The predicted octanol–water partition coefficient (Wildman–Crippen LogP) is 4.97. The molecule has 0 atom stereocenters. The summed E-state index contributed by atoms with van der Waals surface area (Å²) in [6.45, 7) is 0. The standard InChI is InChI=1S/C20H16F4N4O3/c1-25-18(29)17-9-14(10-26-17)31-13-5-2-11(3-6-13)27-19(30)28-12-4-7-16(21)15(8-12)20(22,23)24/h2-10,26H,1H3,(H,25,29)(H2,27,28,30). The molecular formula is C20H16F4N4O3. The first-order valence-electron chi connectivity index (χ1n) is 8.79. The van der Waals surface area contributed by atoms with Crippen molar-refractivity contribution in [2.75, 3.05) is 17.7 Å². The van der Waals surface area contributed by atoms with Crippen LogP contribution in [0.15, 0.2) is 54.7 Å². The largest absolute Gasteiger partial charge is 0.456 e. The van der Waals surface area contributed by atoms with E-state index in [4.69, 9.17) is 4.74 Å². The summed E-state index contributed by atoms with van der Waals surface area (Å²) in [5, 5.41) is 7.12. The highest BCUT2D eigenvalue weighted by Crippen LogP contribution is 2.33. The first-order chi connectivity index (χ1) is 14.7. The number of ether oxygens (including phenoxy) is 1. The number of hydrogen-bond acceptors (Lipinski definition) is 3. The topological polar surface area (TPSA) is 95.2 Å². The number of anilines is 2. The quantitative estimate of drug-likeness (QED) is 0.426. The Bertz CT molecular complexity index is 1090. The van der Waals surface area contributed by atoms with Gasteiger partial charge in [0.1, 0.15) is 23.0 Å². The van der Waals surface area contributed by atoms with Gasteiger partial charge in [0.2, 0.25) is 0 Å². The van der Waals surface area contributed by atoms with Crippen molar-refractivity contribution >= 4 is 23.3 Å². The molecule has 0 aliphatic heterocycles. The molecule has 7 nitrogen and oxygen atoms in total. The van der Waals surface area contributed by atoms with Gasteiger partial charge >= 0.3 is 12.2 Å². The van der Waals surface area contributed by atoms with Crippen molar-refractivity contribution in [2.45, 2.75) is 6.18 Å². The summed E-state index contributed by atoms with van der Waals surface area (Å²) in [5.41, 5.74) is -1.04.